The topological polar surface area (TPSA) is 43.4 Å². The van der Waals surface area contributed by atoms with E-state index in [1.807, 2.05) is 6.92 Å². The molecule has 1 saturated carbocycles. The normalized spacial score (nSPS) is 19.8. The average Bonchev–Trinajstić information content (AvgIpc) is 2.51. The maximum atomic E-state index is 11.6. The number of carbonyl (C=O) groups excluding carboxylic acids is 2. The minimum atomic E-state index is -0.496. The molecule has 3 nitrogen and oxygen atoms in total. The van der Waals surface area contributed by atoms with Crippen LogP contribution in [0.2, 0.25) is 0 Å². The molecule has 0 aromatic rings. The molecule has 0 saturated heterocycles. The molecule has 0 spiro atoms. The van der Waals surface area contributed by atoms with E-state index < -0.39 is 5.97 Å². The van der Waals surface area contributed by atoms with Crippen molar-refractivity contribution in [2.24, 2.45) is 5.41 Å². The van der Waals surface area contributed by atoms with E-state index in [9.17, 15) is 9.59 Å². The fraction of sp³-hybridized carbons (Fsp3) is 0.800. The molecule has 0 bridgehead atoms. The van der Waals surface area contributed by atoms with Gasteiger partial charge < -0.3 is 4.74 Å². The summed E-state index contributed by atoms with van der Waals surface area (Å²) in [5.74, 6) is -0.815. The zero-order valence-electron chi connectivity index (χ0n) is 8.26. The van der Waals surface area contributed by atoms with Crippen LogP contribution in [0, 0.1) is 5.41 Å². The van der Waals surface area contributed by atoms with E-state index in [2.05, 4.69) is 4.74 Å². The van der Waals surface area contributed by atoms with E-state index in [1.54, 1.807) is 0 Å². The quantitative estimate of drug-likeness (QED) is 0.487. The monoisotopic (exact) mass is 184 g/mol. The van der Waals surface area contributed by atoms with Gasteiger partial charge in [0.15, 0.2) is 0 Å². The number of ether oxygens (including phenoxy) is 1. The Morgan fingerprint density at radius 2 is 1.85 bits per heavy atom. The zero-order chi connectivity index (χ0) is 9.90. The molecule has 0 aromatic heterocycles. The van der Waals surface area contributed by atoms with Crippen LogP contribution in [0.25, 0.3) is 0 Å². The molecular weight excluding hydrogens is 168 g/mol. The van der Waals surface area contributed by atoms with Crippen molar-refractivity contribution in [3.05, 3.63) is 0 Å². The summed E-state index contributed by atoms with van der Waals surface area (Å²) in [5, 5.41) is 0. The highest BCUT2D eigenvalue weighted by atomic mass is 16.6. The highest BCUT2D eigenvalue weighted by Gasteiger charge is 2.41. The van der Waals surface area contributed by atoms with Crippen LogP contribution < -0.4 is 0 Å². The zero-order valence-corrected chi connectivity index (χ0v) is 8.26. The second-order valence-corrected chi connectivity index (χ2v) is 3.72. The lowest BCUT2D eigenvalue weighted by Gasteiger charge is -2.23. The minimum Gasteiger partial charge on any atom is -0.393 e. The summed E-state index contributed by atoms with van der Waals surface area (Å²) in [6.45, 7) is 3.25. The second-order valence-electron chi connectivity index (χ2n) is 3.72. The van der Waals surface area contributed by atoms with Crippen molar-refractivity contribution in [3.63, 3.8) is 0 Å². The number of hydrogen-bond donors (Lipinski definition) is 0. The molecule has 0 amide bonds. The molecule has 0 N–H and O–H groups in total. The van der Waals surface area contributed by atoms with Gasteiger partial charge in [-0.3, -0.25) is 9.59 Å². The van der Waals surface area contributed by atoms with Gasteiger partial charge >= 0.3 is 11.9 Å². The van der Waals surface area contributed by atoms with Gasteiger partial charge in [0, 0.05) is 6.92 Å². The maximum absolute atomic E-state index is 11.6. The predicted molar refractivity (Wildman–Crippen MR) is 48.0 cm³/mol. The van der Waals surface area contributed by atoms with Crippen molar-refractivity contribution in [1.82, 2.24) is 0 Å². The third-order valence-electron chi connectivity index (χ3n) is 2.91. The Balaban J connectivity index is 2.65. The highest BCUT2D eigenvalue weighted by Crippen LogP contribution is 2.41. The largest absolute Gasteiger partial charge is 0.393 e. The summed E-state index contributed by atoms with van der Waals surface area (Å²) in [6.07, 6.45) is 4.66. The Kier molecular flexibility index (Phi) is 3.07. The van der Waals surface area contributed by atoms with Crippen molar-refractivity contribution in [2.75, 3.05) is 0 Å². The molecule has 0 radical (unpaired) electrons. The molecule has 0 unspecified atom stereocenters. The molecule has 0 aliphatic heterocycles. The molecule has 0 atom stereocenters. The lowest BCUT2D eigenvalue weighted by atomic mass is 9.83. The lowest BCUT2D eigenvalue weighted by molar-refractivity contribution is -0.166. The SMILES string of the molecule is CCC1(C(=O)OC(C)=O)CCCC1. The first-order valence-electron chi connectivity index (χ1n) is 4.83. The maximum Gasteiger partial charge on any atom is 0.319 e. The van der Waals surface area contributed by atoms with E-state index in [0.717, 1.165) is 32.1 Å². The minimum absolute atomic E-state index is 0.319. The van der Waals surface area contributed by atoms with Gasteiger partial charge in [0.2, 0.25) is 0 Å². The lowest BCUT2D eigenvalue weighted by Crippen LogP contribution is -2.30. The number of esters is 2. The van der Waals surface area contributed by atoms with Gasteiger partial charge in [-0.2, -0.15) is 0 Å². The van der Waals surface area contributed by atoms with Crippen molar-refractivity contribution in [1.29, 1.82) is 0 Å². The number of rotatable bonds is 2. The highest BCUT2D eigenvalue weighted by molar-refractivity contribution is 5.88. The van der Waals surface area contributed by atoms with Gasteiger partial charge in [-0.25, -0.2) is 0 Å². The first-order valence-corrected chi connectivity index (χ1v) is 4.83. The standard InChI is InChI=1S/C10H16O3/c1-3-10(6-4-5-7-10)9(12)13-8(2)11/h3-7H2,1-2H3. The van der Waals surface area contributed by atoms with Crippen molar-refractivity contribution in [3.8, 4) is 0 Å². The summed E-state index contributed by atoms with van der Waals surface area (Å²) < 4.78 is 4.65. The van der Waals surface area contributed by atoms with Gasteiger partial charge in [-0.05, 0) is 19.3 Å². The third kappa shape index (κ3) is 2.08. The van der Waals surface area contributed by atoms with Crippen LogP contribution in [0.4, 0.5) is 0 Å². The molecule has 3 heteroatoms. The van der Waals surface area contributed by atoms with Crippen LogP contribution in [-0.2, 0) is 14.3 Å². The van der Waals surface area contributed by atoms with Crippen molar-refractivity contribution in [2.45, 2.75) is 46.0 Å². The Morgan fingerprint density at radius 1 is 1.31 bits per heavy atom. The Hall–Kier alpha value is -0.860. The van der Waals surface area contributed by atoms with Crippen LogP contribution in [0.3, 0.4) is 0 Å². The molecule has 13 heavy (non-hydrogen) atoms. The molecular formula is C10H16O3. The Labute approximate surface area is 78.5 Å². The fourth-order valence-corrected chi connectivity index (χ4v) is 1.99. The number of hydrogen-bond acceptors (Lipinski definition) is 3. The van der Waals surface area contributed by atoms with E-state index >= 15 is 0 Å². The molecule has 0 aromatic carbocycles. The average molecular weight is 184 g/mol. The Bertz CT molecular complexity index is 214. The summed E-state index contributed by atoms with van der Waals surface area (Å²) >= 11 is 0. The third-order valence-corrected chi connectivity index (χ3v) is 2.91. The smallest absolute Gasteiger partial charge is 0.319 e. The van der Waals surface area contributed by atoms with Gasteiger partial charge in [0.05, 0.1) is 5.41 Å². The van der Waals surface area contributed by atoms with Crippen LogP contribution in [0.5, 0.6) is 0 Å². The molecule has 1 aliphatic carbocycles. The van der Waals surface area contributed by atoms with E-state index in [-0.39, 0.29) is 11.4 Å². The van der Waals surface area contributed by atoms with Gasteiger partial charge in [-0.1, -0.05) is 19.8 Å². The van der Waals surface area contributed by atoms with Crippen molar-refractivity contribution >= 4 is 11.9 Å². The summed E-state index contributed by atoms with van der Waals surface area (Å²) in [6, 6.07) is 0. The van der Waals surface area contributed by atoms with Gasteiger partial charge in [0.1, 0.15) is 0 Å². The fourth-order valence-electron chi connectivity index (χ4n) is 1.99. The summed E-state index contributed by atoms with van der Waals surface area (Å²) in [5.41, 5.74) is -0.355. The molecule has 1 aliphatic rings. The van der Waals surface area contributed by atoms with Crippen LogP contribution >= 0.6 is 0 Å². The van der Waals surface area contributed by atoms with Crippen LogP contribution in [0.1, 0.15) is 46.0 Å². The second kappa shape index (κ2) is 3.90. The first-order chi connectivity index (χ1) is 6.10. The number of carbonyl (C=O) groups is 2. The van der Waals surface area contributed by atoms with E-state index in [0.29, 0.717) is 0 Å². The first kappa shape index (κ1) is 10.2. The van der Waals surface area contributed by atoms with E-state index in [1.165, 1.54) is 6.92 Å². The summed E-state index contributed by atoms with van der Waals surface area (Å²) in [4.78, 5) is 22.2. The van der Waals surface area contributed by atoms with Gasteiger partial charge in [0.25, 0.3) is 0 Å². The van der Waals surface area contributed by atoms with Crippen LogP contribution in [-0.4, -0.2) is 11.9 Å². The van der Waals surface area contributed by atoms with E-state index in [4.69, 9.17) is 0 Å². The summed E-state index contributed by atoms with van der Waals surface area (Å²) in [7, 11) is 0. The predicted octanol–water partition coefficient (Wildman–Crippen LogP) is 2.05. The molecule has 74 valence electrons. The van der Waals surface area contributed by atoms with Gasteiger partial charge in [-0.15, -0.1) is 0 Å². The van der Waals surface area contributed by atoms with Crippen molar-refractivity contribution < 1.29 is 14.3 Å². The van der Waals surface area contributed by atoms with Crippen LogP contribution in [0.15, 0.2) is 0 Å². The Morgan fingerprint density at radius 3 is 2.23 bits per heavy atom. The molecule has 0 heterocycles. The molecule has 1 fully saturated rings. The molecule has 1 rings (SSSR count).